The summed E-state index contributed by atoms with van der Waals surface area (Å²) in [5, 5.41) is 8.22. The van der Waals surface area contributed by atoms with Gasteiger partial charge in [-0.2, -0.15) is 0 Å². The van der Waals surface area contributed by atoms with Crippen molar-refractivity contribution in [3.8, 4) is 11.6 Å². The van der Waals surface area contributed by atoms with Gasteiger partial charge in [0.25, 0.3) is 5.89 Å². The number of Topliss-reactive ketones (excluding diaryl/α,β-unsaturated/α-hetero) is 1. The van der Waals surface area contributed by atoms with Crippen molar-refractivity contribution in [3.05, 3.63) is 30.3 Å². The third kappa shape index (κ3) is 2.45. The highest BCUT2D eigenvalue weighted by Gasteiger charge is 2.60. The van der Waals surface area contributed by atoms with E-state index in [1.165, 1.54) is 0 Å². The predicted molar refractivity (Wildman–Crippen MR) is 88.4 cm³/mol. The molecule has 0 bridgehead atoms. The fraction of sp³-hybridized carbons (Fsp3) is 0.500. The zero-order valence-corrected chi connectivity index (χ0v) is 14.4. The number of nitrogens with zero attached hydrogens (tertiary/aromatic N) is 4. The lowest BCUT2D eigenvalue weighted by molar-refractivity contribution is -0.149. The number of pyridine rings is 1. The number of likely N-dealkylation sites (tertiary alicyclic amines) is 1. The maximum absolute atomic E-state index is 12.7. The van der Waals surface area contributed by atoms with Crippen LogP contribution in [-0.4, -0.2) is 44.9 Å². The van der Waals surface area contributed by atoms with Crippen LogP contribution >= 0.6 is 0 Å². The van der Waals surface area contributed by atoms with Crippen molar-refractivity contribution in [2.75, 3.05) is 13.1 Å². The van der Waals surface area contributed by atoms with Gasteiger partial charge in [-0.15, -0.1) is 10.2 Å². The minimum absolute atomic E-state index is 0.0405. The molecule has 1 saturated heterocycles. The van der Waals surface area contributed by atoms with Crippen LogP contribution in [-0.2, 0) is 15.0 Å². The molecule has 2 aliphatic rings. The Balaban J connectivity index is 1.47. The molecule has 1 saturated carbocycles. The lowest BCUT2D eigenvalue weighted by Crippen LogP contribution is -2.62. The Labute approximate surface area is 145 Å². The molecule has 7 heteroatoms. The minimum atomic E-state index is -0.746. The van der Waals surface area contributed by atoms with E-state index in [4.69, 9.17) is 4.42 Å². The molecule has 1 amide bonds. The Kier molecular flexibility index (Phi) is 3.49. The first kappa shape index (κ1) is 15.9. The molecule has 0 spiro atoms. The SMILES string of the molecule is CCC(=O)C1(C(=O)N2CC(C)(c3nnc(-c4ccccn4)o3)C2)CC1. The van der Waals surface area contributed by atoms with E-state index in [9.17, 15) is 9.59 Å². The van der Waals surface area contributed by atoms with Crippen LogP contribution in [0.3, 0.4) is 0 Å². The van der Waals surface area contributed by atoms with Gasteiger partial charge in [0.2, 0.25) is 11.8 Å². The molecule has 0 atom stereocenters. The second-order valence-corrected chi connectivity index (χ2v) is 7.21. The average molecular weight is 340 g/mol. The number of rotatable bonds is 5. The van der Waals surface area contributed by atoms with E-state index in [1.807, 2.05) is 32.0 Å². The second kappa shape index (κ2) is 5.47. The van der Waals surface area contributed by atoms with E-state index in [2.05, 4.69) is 15.2 Å². The summed E-state index contributed by atoms with van der Waals surface area (Å²) in [6.45, 7) is 4.80. The smallest absolute Gasteiger partial charge is 0.266 e. The third-order valence-corrected chi connectivity index (χ3v) is 5.21. The van der Waals surface area contributed by atoms with Crippen LogP contribution in [0, 0.1) is 5.41 Å². The standard InChI is InChI=1S/C18H20N4O3/c1-3-13(23)18(7-8-18)16(24)22-10-17(2,11-22)15-21-20-14(25-15)12-6-4-5-9-19-12/h4-6,9H,3,7-8,10-11H2,1-2H3. The van der Waals surface area contributed by atoms with Gasteiger partial charge >= 0.3 is 0 Å². The molecule has 2 aromatic rings. The zero-order valence-electron chi connectivity index (χ0n) is 14.4. The molecule has 0 radical (unpaired) electrons. The van der Waals surface area contributed by atoms with E-state index in [0.29, 0.717) is 49.8 Å². The first-order chi connectivity index (χ1) is 12.0. The lowest BCUT2D eigenvalue weighted by Gasteiger charge is -2.46. The summed E-state index contributed by atoms with van der Waals surface area (Å²) in [7, 11) is 0. The Morgan fingerprint density at radius 1 is 1.24 bits per heavy atom. The van der Waals surface area contributed by atoms with Crippen LogP contribution in [0.2, 0.25) is 0 Å². The fourth-order valence-corrected chi connectivity index (χ4v) is 3.51. The first-order valence-electron chi connectivity index (χ1n) is 8.57. The maximum atomic E-state index is 12.7. The van der Waals surface area contributed by atoms with Gasteiger partial charge in [-0.1, -0.05) is 13.0 Å². The second-order valence-electron chi connectivity index (χ2n) is 7.21. The van der Waals surface area contributed by atoms with Crippen LogP contribution in [0.15, 0.2) is 28.8 Å². The molecule has 1 aliphatic heterocycles. The molecule has 25 heavy (non-hydrogen) atoms. The molecule has 0 aromatic carbocycles. The maximum Gasteiger partial charge on any atom is 0.266 e. The van der Waals surface area contributed by atoms with Crippen molar-refractivity contribution in [3.63, 3.8) is 0 Å². The number of ketones is 1. The largest absolute Gasteiger partial charge is 0.419 e. The predicted octanol–water partition coefficient (Wildman–Crippen LogP) is 1.99. The zero-order chi connectivity index (χ0) is 17.7. The van der Waals surface area contributed by atoms with Crippen LogP contribution < -0.4 is 0 Å². The molecule has 0 N–H and O–H groups in total. The van der Waals surface area contributed by atoms with Crippen LogP contribution in [0.5, 0.6) is 0 Å². The molecule has 7 nitrogen and oxygen atoms in total. The van der Waals surface area contributed by atoms with Crippen molar-refractivity contribution in [1.82, 2.24) is 20.1 Å². The highest BCUT2D eigenvalue weighted by atomic mass is 16.4. The van der Waals surface area contributed by atoms with Gasteiger partial charge in [0, 0.05) is 25.7 Å². The highest BCUT2D eigenvalue weighted by molar-refractivity contribution is 6.09. The van der Waals surface area contributed by atoms with Gasteiger partial charge in [0.05, 0.1) is 5.41 Å². The van der Waals surface area contributed by atoms with Crippen molar-refractivity contribution in [2.45, 2.75) is 38.5 Å². The first-order valence-corrected chi connectivity index (χ1v) is 8.57. The van der Waals surface area contributed by atoms with Crippen LogP contribution in [0.4, 0.5) is 0 Å². The van der Waals surface area contributed by atoms with E-state index < -0.39 is 5.41 Å². The lowest BCUT2D eigenvalue weighted by atomic mass is 9.80. The summed E-state index contributed by atoms with van der Waals surface area (Å²) in [5.41, 5.74) is -0.493. The number of carbonyl (C=O) groups excluding carboxylic acids is 2. The molecule has 0 unspecified atom stereocenters. The minimum Gasteiger partial charge on any atom is -0.419 e. The van der Waals surface area contributed by atoms with Crippen LogP contribution in [0.25, 0.3) is 11.6 Å². The summed E-state index contributed by atoms with van der Waals surface area (Å²) in [6.07, 6.45) is 3.44. The topological polar surface area (TPSA) is 89.2 Å². The molecule has 3 heterocycles. The molecule has 1 aliphatic carbocycles. The van der Waals surface area contributed by atoms with E-state index in [0.717, 1.165) is 0 Å². The van der Waals surface area contributed by atoms with Crippen molar-refractivity contribution >= 4 is 11.7 Å². The Morgan fingerprint density at radius 2 is 2.00 bits per heavy atom. The number of hydrogen-bond donors (Lipinski definition) is 0. The number of hydrogen-bond acceptors (Lipinski definition) is 6. The summed E-state index contributed by atoms with van der Waals surface area (Å²) in [6, 6.07) is 5.49. The molecule has 2 aromatic heterocycles. The van der Waals surface area contributed by atoms with Crippen LogP contribution in [0.1, 0.15) is 39.0 Å². The molecular weight excluding hydrogens is 320 g/mol. The van der Waals surface area contributed by atoms with Gasteiger partial charge in [-0.05, 0) is 31.9 Å². The van der Waals surface area contributed by atoms with Gasteiger partial charge in [-0.3, -0.25) is 14.6 Å². The third-order valence-electron chi connectivity index (χ3n) is 5.21. The summed E-state index contributed by atoms with van der Waals surface area (Å²) in [4.78, 5) is 30.7. The molecular formula is C18H20N4O3. The van der Waals surface area contributed by atoms with Gasteiger partial charge in [-0.25, -0.2) is 0 Å². The summed E-state index contributed by atoms with van der Waals surface area (Å²) in [5.74, 6) is 0.896. The number of carbonyl (C=O) groups is 2. The quantitative estimate of drug-likeness (QED) is 0.773. The molecule has 2 fully saturated rings. The Hall–Kier alpha value is -2.57. The van der Waals surface area contributed by atoms with Gasteiger partial charge < -0.3 is 9.32 Å². The monoisotopic (exact) mass is 340 g/mol. The number of aromatic nitrogens is 3. The summed E-state index contributed by atoms with van der Waals surface area (Å²) < 4.78 is 5.78. The fourth-order valence-electron chi connectivity index (χ4n) is 3.51. The molecule has 130 valence electrons. The van der Waals surface area contributed by atoms with E-state index in [-0.39, 0.29) is 17.1 Å². The van der Waals surface area contributed by atoms with Gasteiger partial charge in [0.1, 0.15) is 16.9 Å². The number of amides is 1. The van der Waals surface area contributed by atoms with Crippen molar-refractivity contribution < 1.29 is 14.0 Å². The van der Waals surface area contributed by atoms with Crippen molar-refractivity contribution in [1.29, 1.82) is 0 Å². The Morgan fingerprint density at radius 3 is 2.60 bits per heavy atom. The summed E-state index contributed by atoms with van der Waals surface area (Å²) >= 11 is 0. The average Bonchev–Trinajstić information content (AvgIpc) is 3.28. The molecule has 4 rings (SSSR count). The Bertz CT molecular complexity index is 820. The highest BCUT2D eigenvalue weighted by Crippen LogP contribution is 2.50. The van der Waals surface area contributed by atoms with Gasteiger partial charge in [0.15, 0.2) is 0 Å². The van der Waals surface area contributed by atoms with Crippen molar-refractivity contribution in [2.24, 2.45) is 5.41 Å². The normalized spacial score (nSPS) is 20.0. The van der Waals surface area contributed by atoms with E-state index in [1.54, 1.807) is 11.1 Å². The van der Waals surface area contributed by atoms with E-state index >= 15 is 0 Å².